The Hall–Kier alpha value is -0.250. The second-order valence-corrected chi connectivity index (χ2v) is 4.80. The molecule has 0 fully saturated rings. The van der Waals surface area contributed by atoms with Gasteiger partial charge in [0.1, 0.15) is 0 Å². The Morgan fingerprint density at radius 1 is 1.64 bits per heavy atom. The lowest BCUT2D eigenvalue weighted by molar-refractivity contribution is 0.721. The van der Waals surface area contributed by atoms with Gasteiger partial charge in [-0.2, -0.15) is 11.8 Å². The van der Waals surface area contributed by atoms with Crippen LogP contribution in [0.3, 0.4) is 0 Å². The van der Waals surface area contributed by atoms with Gasteiger partial charge in [0.05, 0.1) is 5.02 Å². The summed E-state index contributed by atoms with van der Waals surface area (Å²) in [6.07, 6.45) is 4.50. The molecule has 1 aromatic rings. The molecule has 1 atom stereocenters. The number of nitrogens with two attached hydrogens (primary N) is 1. The summed E-state index contributed by atoms with van der Waals surface area (Å²) in [7, 11) is 0. The number of pyridine rings is 1. The van der Waals surface area contributed by atoms with Crippen LogP contribution in [0.25, 0.3) is 0 Å². The van der Waals surface area contributed by atoms with E-state index in [0.29, 0.717) is 0 Å². The first-order chi connectivity index (χ1) is 6.70. The SMILES string of the molecule is CC(N)CCSCc1ccncc1Cl. The molecule has 0 aliphatic carbocycles. The quantitative estimate of drug-likeness (QED) is 0.791. The van der Waals surface area contributed by atoms with Crippen molar-refractivity contribution in [2.45, 2.75) is 25.1 Å². The molecule has 1 heterocycles. The summed E-state index contributed by atoms with van der Waals surface area (Å²) in [5.41, 5.74) is 6.80. The van der Waals surface area contributed by atoms with E-state index >= 15 is 0 Å². The maximum Gasteiger partial charge on any atom is 0.0629 e. The molecule has 2 N–H and O–H groups in total. The lowest BCUT2D eigenvalue weighted by Gasteiger charge is -2.05. The Kier molecular flexibility index (Phi) is 5.30. The molecule has 0 aromatic carbocycles. The van der Waals surface area contributed by atoms with E-state index < -0.39 is 0 Å². The molecule has 0 bridgehead atoms. The van der Waals surface area contributed by atoms with Crippen molar-refractivity contribution in [3.63, 3.8) is 0 Å². The molecule has 4 heteroatoms. The predicted molar refractivity (Wildman–Crippen MR) is 63.7 cm³/mol. The zero-order valence-electron chi connectivity index (χ0n) is 8.24. The van der Waals surface area contributed by atoms with Crippen molar-refractivity contribution in [3.8, 4) is 0 Å². The second kappa shape index (κ2) is 6.27. The van der Waals surface area contributed by atoms with Gasteiger partial charge >= 0.3 is 0 Å². The van der Waals surface area contributed by atoms with Gasteiger partial charge in [-0.15, -0.1) is 0 Å². The highest BCUT2D eigenvalue weighted by atomic mass is 35.5. The molecule has 14 heavy (non-hydrogen) atoms. The van der Waals surface area contributed by atoms with Gasteiger partial charge in [-0.3, -0.25) is 4.98 Å². The van der Waals surface area contributed by atoms with Gasteiger partial charge in [0.25, 0.3) is 0 Å². The fourth-order valence-corrected chi connectivity index (χ4v) is 2.39. The van der Waals surface area contributed by atoms with Gasteiger partial charge in [0.2, 0.25) is 0 Å². The Labute approximate surface area is 94.2 Å². The van der Waals surface area contributed by atoms with E-state index in [2.05, 4.69) is 4.98 Å². The van der Waals surface area contributed by atoms with E-state index in [1.54, 1.807) is 12.4 Å². The van der Waals surface area contributed by atoms with Gasteiger partial charge in [0.15, 0.2) is 0 Å². The number of aromatic nitrogens is 1. The van der Waals surface area contributed by atoms with E-state index in [1.807, 2.05) is 24.8 Å². The standard InChI is InChI=1S/C10H15ClN2S/c1-8(12)3-5-14-7-9-2-4-13-6-10(9)11/h2,4,6,8H,3,5,7,12H2,1H3. The second-order valence-electron chi connectivity index (χ2n) is 3.29. The molecule has 0 aliphatic heterocycles. The third kappa shape index (κ3) is 4.31. The fraction of sp³-hybridized carbons (Fsp3) is 0.500. The van der Waals surface area contributed by atoms with Crippen LogP contribution in [0, 0.1) is 0 Å². The minimum atomic E-state index is 0.287. The molecule has 0 spiro atoms. The highest BCUT2D eigenvalue weighted by molar-refractivity contribution is 7.98. The van der Waals surface area contributed by atoms with E-state index in [1.165, 1.54) is 0 Å². The van der Waals surface area contributed by atoms with E-state index in [0.717, 1.165) is 28.5 Å². The molecule has 0 saturated heterocycles. The first kappa shape index (κ1) is 11.8. The van der Waals surface area contributed by atoms with Gasteiger partial charge in [-0.25, -0.2) is 0 Å². The Bertz CT molecular complexity index is 279. The third-order valence-corrected chi connectivity index (χ3v) is 3.21. The van der Waals surface area contributed by atoms with Crippen LogP contribution in [0.2, 0.25) is 5.02 Å². The molecule has 1 unspecified atom stereocenters. The maximum atomic E-state index is 5.97. The Morgan fingerprint density at radius 3 is 3.07 bits per heavy atom. The van der Waals surface area contributed by atoms with Crippen LogP contribution in [0.15, 0.2) is 18.5 Å². The topological polar surface area (TPSA) is 38.9 Å². The first-order valence-electron chi connectivity index (χ1n) is 4.62. The summed E-state index contributed by atoms with van der Waals surface area (Å²) in [4.78, 5) is 3.94. The maximum absolute atomic E-state index is 5.97. The summed E-state index contributed by atoms with van der Waals surface area (Å²) in [6, 6.07) is 2.25. The summed E-state index contributed by atoms with van der Waals surface area (Å²) in [6.45, 7) is 2.03. The van der Waals surface area contributed by atoms with Crippen LogP contribution in [-0.2, 0) is 5.75 Å². The highest BCUT2D eigenvalue weighted by Crippen LogP contribution is 2.20. The van der Waals surface area contributed by atoms with Crippen molar-refractivity contribution in [1.29, 1.82) is 0 Å². The lowest BCUT2D eigenvalue weighted by Crippen LogP contribution is -2.15. The fourth-order valence-electron chi connectivity index (χ4n) is 0.972. The molecule has 2 nitrogen and oxygen atoms in total. The zero-order chi connectivity index (χ0) is 10.4. The highest BCUT2D eigenvalue weighted by Gasteiger charge is 2.00. The molecule has 78 valence electrons. The van der Waals surface area contributed by atoms with Crippen LogP contribution in [0.4, 0.5) is 0 Å². The summed E-state index contributed by atoms with van der Waals surface area (Å²) < 4.78 is 0. The molecular weight excluding hydrogens is 216 g/mol. The predicted octanol–water partition coefficient (Wildman–Crippen LogP) is 2.71. The first-order valence-corrected chi connectivity index (χ1v) is 6.15. The molecule has 0 aliphatic rings. The van der Waals surface area contributed by atoms with Crippen molar-refractivity contribution in [3.05, 3.63) is 29.0 Å². The van der Waals surface area contributed by atoms with Gasteiger partial charge < -0.3 is 5.73 Å². The number of nitrogens with zero attached hydrogens (tertiary/aromatic N) is 1. The number of hydrogen-bond acceptors (Lipinski definition) is 3. The van der Waals surface area contributed by atoms with E-state index in [9.17, 15) is 0 Å². The Morgan fingerprint density at radius 2 is 2.43 bits per heavy atom. The monoisotopic (exact) mass is 230 g/mol. The zero-order valence-corrected chi connectivity index (χ0v) is 9.81. The minimum absolute atomic E-state index is 0.287. The molecule has 1 aromatic heterocycles. The Balaban J connectivity index is 2.28. The van der Waals surface area contributed by atoms with Gasteiger partial charge in [-0.05, 0) is 30.7 Å². The summed E-state index contributed by atoms with van der Waals surface area (Å²) in [5.74, 6) is 2.02. The van der Waals surface area contributed by atoms with Gasteiger partial charge in [-0.1, -0.05) is 11.6 Å². The molecule has 0 amide bonds. The largest absolute Gasteiger partial charge is 0.328 e. The summed E-state index contributed by atoms with van der Waals surface area (Å²) in [5, 5.41) is 0.751. The van der Waals surface area contributed by atoms with Crippen LogP contribution in [0.5, 0.6) is 0 Å². The number of rotatable bonds is 5. The average Bonchev–Trinajstić information content (AvgIpc) is 2.15. The normalized spacial score (nSPS) is 12.8. The molecule has 0 saturated carbocycles. The van der Waals surface area contributed by atoms with Crippen LogP contribution < -0.4 is 5.73 Å². The van der Waals surface area contributed by atoms with E-state index in [-0.39, 0.29) is 6.04 Å². The molecular formula is C10H15ClN2S. The van der Waals surface area contributed by atoms with Crippen molar-refractivity contribution in [1.82, 2.24) is 4.98 Å². The third-order valence-electron chi connectivity index (χ3n) is 1.83. The van der Waals surface area contributed by atoms with Crippen LogP contribution in [0.1, 0.15) is 18.9 Å². The number of hydrogen-bond donors (Lipinski definition) is 1. The van der Waals surface area contributed by atoms with Crippen molar-refractivity contribution < 1.29 is 0 Å². The van der Waals surface area contributed by atoms with Crippen LogP contribution >= 0.6 is 23.4 Å². The average molecular weight is 231 g/mol. The smallest absolute Gasteiger partial charge is 0.0629 e. The van der Waals surface area contributed by atoms with Crippen LogP contribution in [-0.4, -0.2) is 16.8 Å². The number of halogens is 1. The lowest BCUT2D eigenvalue weighted by atomic mass is 10.3. The van der Waals surface area contributed by atoms with Gasteiger partial charge in [0, 0.05) is 24.2 Å². The van der Waals surface area contributed by atoms with Crippen molar-refractivity contribution >= 4 is 23.4 Å². The minimum Gasteiger partial charge on any atom is -0.328 e. The van der Waals surface area contributed by atoms with Crippen molar-refractivity contribution in [2.24, 2.45) is 5.73 Å². The number of thioether (sulfide) groups is 1. The van der Waals surface area contributed by atoms with Crippen molar-refractivity contribution in [2.75, 3.05) is 5.75 Å². The van der Waals surface area contributed by atoms with E-state index in [4.69, 9.17) is 17.3 Å². The molecule has 1 rings (SSSR count). The molecule has 0 radical (unpaired) electrons. The summed E-state index contributed by atoms with van der Waals surface area (Å²) >= 11 is 7.82.